The first kappa shape index (κ1) is 21.4. The summed E-state index contributed by atoms with van der Waals surface area (Å²) in [6, 6.07) is 28.1. The van der Waals surface area contributed by atoms with Gasteiger partial charge in [0.25, 0.3) is 5.91 Å². The van der Waals surface area contributed by atoms with Crippen molar-refractivity contribution in [2.45, 2.75) is 37.9 Å². The SMILES string of the molecule is O=C(Cc1ccccc1)NCC1CCC2CN(C(=O)c3ccccc3)c3ccccc3CN12. The van der Waals surface area contributed by atoms with Crippen molar-refractivity contribution in [2.24, 2.45) is 0 Å². The van der Waals surface area contributed by atoms with E-state index in [1.807, 2.05) is 77.7 Å². The molecule has 168 valence electrons. The molecule has 0 aromatic heterocycles. The summed E-state index contributed by atoms with van der Waals surface area (Å²) in [7, 11) is 0. The molecule has 5 heteroatoms. The minimum absolute atomic E-state index is 0.0458. The fourth-order valence-corrected chi connectivity index (χ4v) is 5.11. The molecule has 1 saturated heterocycles. The van der Waals surface area contributed by atoms with Crippen molar-refractivity contribution >= 4 is 17.5 Å². The molecule has 33 heavy (non-hydrogen) atoms. The molecule has 0 saturated carbocycles. The minimum atomic E-state index is 0.0458. The highest BCUT2D eigenvalue weighted by Gasteiger charge is 2.38. The van der Waals surface area contributed by atoms with Crippen LogP contribution >= 0.6 is 0 Å². The lowest BCUT2D eigenvalue weighted by molar-refractivity contribution is -0.120. The van der Waals surface area contributed by atoms with E-state index < -0.39 is 0 Å². The number of fused-ring (bicyclic) bond motifs is 2. The lowest BCUT2D eigenvalue weighted by Gasteiger charge is -2.29. The Morgan fingerprint density at radius 2 is 1.55 bits per heavy atom. The van der Waals surface area contributed by atoms with E-state index in [0.717, 1.165) is 36.2 Å². The highest BCUT2D eigenvalue weighted by Crippen LogP contribution is 2.35. The Bertz CT molecular complexity index is 1120. The smallest absolute Gasteiger partial charge is 0.258 e. The van der Waals surface area contributed by atoms with Crippen LogP contribution in [0.4, 0.5) is 5.69 Å². The number of nitrogens with zero attached hydrogens (tertiary/aromatic N) is 2. The molecule has 2 heterocycles. The van der Waals surface area contributed by atoms with Gasteiger partial charge >= 0.3 is 0 Å². The quantitative estimate of drug-likeness (QED) is 0.653. The number of amides is 2. The maximum atomic E-state index is 13.4. The van der Waals surface area contributed by atoms with Crippen molar-refractivity contribution in [1.82, 2.24) is 10.2 Å². The van der Waals surface area contributed by atoms with Crippen LogP contribution in [0, 0.1) is 0 Å². The number of nitrogens with one attached hydrogen (secondary N) is 1. The summed E-state index contributed by atoms with van der Waals surface area (Å²) < 4.78 is 0. The molecule has 2 amide bonds. The van der Waals surface area contributed by atoms with Crippen molar-refractivity contribution in [3.05, 3.63) is 102 Å². The monoisotopic (exact) mass is 439 g/mol. The number of anilines is 1. The average molecular weight is 440 g/mol. The van der Waals surface area contributed by atoms with Crippen LogP contribution in [0.5, 0.6) is 0 Å². The normalized spacial score (nSPS) is 19.9. The fraction of sp³-hybridized carbons (Fsp3) is 0.286. The van der Waals surface area contributed by atoms with Crippen LogP contribution < -0.4 is 10.2 Å². The van der Waals surface area contributed by atoms with E-state index in [4.69, 9.17) is 0 Å². The molecule has 1 N–H and O–H groups in total. The Hall–Kier alpha value is -3.44. The van der Waals surface area contributed by atoms with Gasteiger partial charge in [0, 0.05) is 43.0 Å². The number of rotatable bonds is 5. The van der Waals surface area contributed by atoms with E-state index >= 15 is 0 Å². The Morgan fingerprint density at radius 1 is 0.848 bits per heavy atom. The van der Waals surface area contributed by atoms with Gasteiger partial charge in [-0.3, -0.25) is 14.5 Å². The molecule has 2 atom stereocenters. The topological polar surface area (TPSA) is 52.7 Å². The number of carbonyl (C=O) groups is 2. The van der Waals surface area contributed by atoms with Gasteiger partial charge in [0.2, 0.25) is 5.91 Å². The van der Waals surface area contributed by atoms with Crippen LogP contribution in [0.25, 0.3) is 0 Å². The van der Waals surface area contributed by atoms with Gasteiger partial charge in [-0.1, -0.05) is 66.7 Å². The van der Waals surface area contributed by atoms with Gasteiger partial charge in [-0.2, -0.15) is 0 Å². The Labute approximate surface area is 195 Å². The number of hydrogen-bond acceptors (Lipinski definition) is 3. The second kappa shape index (κ2) is 9.59. The molecule has 5 nitrogen and oxygen atoms in total. The van der Waals surface area contributed by atoms with Gasteiger partial charge in [0.1, 0.15) is 0 Å². The Morgan fingerprint density at radius 3 is 2.33 bits per heavy atom. The molecule has 0 radical (unpaired) electrons. The minimum Gasteiger partial charge on any atom is -0.354 e. The van der Waals surface area contributed by atoms with Gasteiger partial charge in [-0.25, -0.2) is 0 Å². The first-order valence-electron chi connectivity index (χ1n) is 11.7. The van der Waals surface area contributed by atoms with Gasteiger partial charge in [0.05, 0.1) is 6.42 Å². The molecule has 5 rings (SSSR count). The van der Waals surface area contributed by atoms with Crippen LogP contribution in [0.1, 0.15) is 34.3 Å². The standard InChI is InChI=1S/C28H29N3O2/c32-27(17-21-9-3-1-4-10-21)29-18-24-15-16-25-20-31(28(33)22-11-5-2-6-12-22)26-14-8-7-13-23(26)19-30(24)25/h1-14,24-25H,15-20H2,(H,29,32). The lowest BCUT2D eigenvalue weighted by atomic mass is 10.1. The molecular weight excluding hydrogens is 410 g/mol. The summed E-state index contributed by atoms with van der Waals surface area (Å²) in [6.07, 6.45) is 2.44. The molecular formula is C28H29N3O2. The third kappa shape index (κ3) is 4.69. The zero-order valence-corrected chi connectivity index (χ0v) is 18.7. The van der Waals surface area contributed by atoms with Crippen molar-refractivity contribution in [2.75, 3.05) is 18.0 Å². The number of hydrogen-bond donors (Lipinski definition) is 1. The predicted octanol–water partition coefficient (Wildman–Crippen LogP) is 4.04. The van der Waals surface area contributed by atoms with Crippen LogP contribution in [0.2, 0.25) is 0 Å². The number of carbonyl (C=O) groups excluding carboxylic acids is 2. The highest BCUT2D eigenvalue weighted by molar-refractivity contribution is 6.06. The van der Waals surface area contributed by atoms with Gasteiger partial charge < -0.3 is 10.2 Å². The second-order valence-electron chi connectivity index (χ2n) is 8.93. The molecule has 0 bridgehead atoms. The van der Waals surface area contributed by atoms with E-state index in [-0.39, 0.29) is 23.9 Å². The molecule has 1 fully saturated rings. The third-order valence-electron chi connectivity index (χ3n) is 6.81. The second-order valence-corrected chi connectivity index (χ2v) is 8.93. The third-order valence-corrected chi connectivity index (χ3v) is 6.81. The summed E-state index contributed by atoms with van der Waals surface area (Å²) in [5, 5.41) is 3.15. The molecule has 0 spiro atoms. The van der Waals surface area contributed by atoms with Crippen molar-refractivity contribution in [3.8, 4) is 0 Å². The van der Waals surface area contributed by atoms with Gasteiger partial charge in [-0.05, 0) is 42.2 Å². The summed E-state index contributed by atoms with van der Waals surface area (Å²) >= 11 is 0. The molecule has 3 aromatic carbocycles. The van der Waals surface area contributed by atoms with Crippen molar-refractivity contribution in [1.29, 1.82) is 0 Å². The van der Waals surface area contributed by atoms with E-state index in [0.29, 0.717) is 25.1 Å². The van der Waals surface area contributed by atoms with E-state index in [1.54, 1.807) is 0 Å². The van der Waals surface area contributed by atoms with E-state index in [9.17, 15) is 9.59 Å². The van der Waals surface area contributed by atoms with Crippen LogP contribution in [-0.2, 0) is 17.8 Å². The summed E-state index contributed by atoms with van der Waals surface area (Å²) in [4.78, 5) is 30.4. The first-order valence-corrected chi connectivity index (χ1v) is 11.7. The summed E-state index contributed by atoms with van der Waals surface area (Å²) in [5.74, 6) is 0.102. The Balaban J connectivity index is 1.31. The van der Waals surface area contributed by atoms with Gasteiger partial charge in [-0.15, -0.1) is 0 Å². The lowest BCUT2D eigenvalue weighted by Crippen LogP contribution is -2.46. The highest BCUT2D eigenvalue weighted by atomic mass is 16.2. The summed E-state index contributed by atoms with van der Waals surface area (Å²) in [6.45, 7) is 2.09. The predicted molar refractivity (Wildman–Crippen MR) is 130 cm³/mol. The molecule has 2 aliphatic heterocycles. The maximum absolute atomic E-state index is 13.4. The fourth-order valence-electron chi connectivity index (χ4n) is 5.11. The largest absolute Gasteiger partial charge is 0.354 e. The van der Waals surface area contributed by atoms with E-state index in [2.05, 4.69) is 22.3 Å². The molecule has 0 aliphatic carbocycles. The number of para-hydroxylation sites is 1. The Kier molecular flexibility index (Phi) is 6.22. The van der Waals surface area contributed by atoms with Crippen molar-refractivity contribution in [3.63, 3.8) is 0 Å². The first-order chi connectivity index (χ1) is 16.2. The van der Waals surface area contributed by atoms with Crippen LogP contribution in [0.3, 0.4) is 0 Å². The van der Waals surface area contributed by atoms with Crippen molar-refractivity contribution < 1.29 is 9.59 Å². The zero-order chi connectivity index (χ0) is 22.6. The van der Waals surface area contributed by atoms with E-state index in [1.165, 1.54) is 0 Å². The van der Waals surface area contributed by atoms with Crippen LogP contribution in [-0.4, -0.2) is 41.9 Å². The summed E-state index contributed by atoms with van der Waals surface area (Å²) in [5.41, 5.74) is 3.89. The molecule has 2 unspecified atom stereocenters. The maximum Gasteiger partial charge on any atom is 0.258 e. The average Bonchev–Trinajstić information content (AvgIpc) is 3.15. The van der Waals surface area contributed by atoms with Gasteiger partial charge in [0.15, 0.2) is 0 Å². The molecule has 3 aromatic rings. The molecule has 2 aliphatic rings. The zero-order valence-electron chi connectivity index (χ0n) is 18.7. The van der Waals surface area contributed by atoms with Crippen LogP contribution in [0.15, 0.2) is 84.9 Å². The number of benzene rings is 3.